The van der Waals surface area contributed by atoms with Crippen LogP contribution in [-0.2, 0) is 25.8 Å². The lowest BCUT2D eigenvalue weighted by atomic mass is 9.99. The van der Waals surface area contributed by atoms with E-state index < -0.39 is 5.97 Å². The molecule has 0 atom stereocenters. The third-order valence-electron chi connectivity index (χ3n) is 4.21. The highest BCUT2D eigenvalue weighted by Gasteiger charge is 2.20. The molecule has 0 aromatic heterocycles. The molecular formula is C21H23ClN2O4. The van der Waals surface area contributed by atoms with E-state index in [1.54, 1.807) is 6.07 Å². The van der Waals surface area contributed by atoms with Gasteiger partial charge in [-0.25, -0.2) is 4.79 Å². The van der Waals surface area contributed by atoms with Gasteiger partial charge < -0.3 is 14.4 Å². The van der Waals surface area contributed by atoms with Gasteiger partial charge in [-0.3, -0.25) is 0 Å². The number of methoxy groups -OCH3 is 1. The van der Waals surface area contributed by atoms with Crippen molar-refractivity contribution < 1.29 is 19.2 Å². The molecular weight excluding hydrogens is 380 g/mol. The van der Waals surface area contributed by atoms with Gasteiger partial charge in [0.1, 0.15) is 13.7 Å². The summed E-state index contributed by atoms with van der Waals surface area (Å²) in [6.45, 7) is 5.87. The Morgan fingerprint density at radius 2 is 1.82 bits per heavy atom. The van der Waals surface area contributed by atoms with Crippen LogP contribution in [-0.4, -0.2) is 31.6 Å². The van der Waals surface area contributed by atoms with Crippen LogP contribution in [0.4, 0.5) is 0 Å². The van der Waals surface area contributed by atoms with Gasteiger partial charge in [-0.1, -0.05) is 46.2 Å². The number of esters is 1. The lowest BCUT2D eigenvalue weighted by Gasteiger charge is -2.12. The van der Waals surface area contributed by atoms with Crippen LogP contribution in [0.25, 0.3) is 0 Å². The first kappa shape index (κ1) is 21.4. The van der Waals surface area contributed by atoms with E-state index >= 15 is 0 Å². The average molecular weight is 403 g/mol. The van der Waals surface area contributed by atoms with Crippen LogP contribution in [0.5, 0.6) is 0 Å². The van der Waals surface area contributed by atoms with Crippen molar-refractivity contribution in [2.24, 2.45) is 10.3 Å². The van der Waals surface area contributed by atoms with E-state index in [0.717, 1.165) is 22.3 Å². The zero-order chi connectivity index (χ0) is 20.7. The fourth-order valence-corrected chi connectivity index (χ4v) is 2.73. The van der Waals surface area contributed by atoms with Gasteiger partial charge in [-0.05, 0) is 49.6 Å². The summed E-state index contributed by atoms with van der Waals surface area (Å²) in [5, 5.41) is 8.72. The zero-order valence-corrected chi connectivity index (χ0v) is 17.3. The highest BCUT2D eigenvalue weighted by atomic mass is 35.5. The van der Waals surface area contributed by atoms with E-state index in [4.69, 9.17) is 26.0 Å². The van der Waals surface area contributed by atoms with E-state index in [0.29, 0.717) is 16.3 Å². The normalized spacial score (nSPS) is 11.9. The summed E-state index contributed by atoms with van der Waals surface area (Å²) in [7, 11) is 2.66. The second-order valence-electron chi connectivity index (χ2n) is 6.13. The average Bonchev–Trinajstić information content (AvgIpc) is 2.68. The maximum atomic E-state index is 12.1. The number of carbonyl (C=O) groups is 1. The fourth-order valence-electron chi connectivity index (χ4n) is 2.62. The summed E-state index contributed by atoms with van der Waals surface area (Å²) in [5.74, 6) is -0.593. The summed E-state index contributed by atoms with van der Waals surface area (Å²) in [6.07, 6.45) is 0. The Bertz CT molecular complexity index is 923. The molecule has 0 heterocycles. The number of aryl methyl sites for hydroxylation is 2. The summed E-state index contributed by atoms with van der Waals surface area (Å²) < 4.78 is 4.81. The molecule has 0 aliphatic heterocycles. The zero-order valence-electron chi connectivity index (χ0n) is 16.6. The molecule has 148 valence electrons. The largest absolute Gasteiger partial charge is 0.464 e. The molecule has 0 aliphatic carbocycles. The third kappa shape index (κ3) is 5.10. The van der Waals surface area contributed by atoms with Crippen LogP contribution in [0.2, 0.25) is 5.02 Å². The van der Waals surface area contributed by atoms with E-state index in [2.05, 4.69) is 10.3 Å². The molecule has 6 nitrogen and oxygen atoms in total. The highest BCUT2D eigenvalue weighted by molar-refractivity contribution is 6.43. The van der Waals surface area contributed by atoms with Gasteiger partial charge in [-0.15, -0.1) is 0 Å². The number of carbonyl (C=O) groups excluding carboxylic acids is 1. The van der Waals surface area contributed by atoms with E-state index in [1.807, 2.05) is 51.1 Å². The first-order chi connectivity index (χ1) is 13.4. The molecule has 0 unspecified atom stereocenters. The van der Waals surface area contributed by atoms with Gasteiger partial charge >= 0.3 is 5.97 Å². The van der Waals surface area contributed by atoms with Gasteiger partial charge in [0.25, 0.3) is 0 Å². The van der Waals surface area contributed by atoms with Crippen molar-refractivity contribution in [3.63, 3.8) is 0 Å². The van der Waals surface area contributed by atoms with Crippen LogP contribution >= 0.6 is 11.6 Å². The lowest BCUT2D eigenvalue weighted by molar-refractivity contribution is -0.132. The number of rotatable bonds is 7. The van der Waals surface area contributed by atoms with Crippen LogP contribution in [0, 0.1) is 13.8 Å². The summed E-state index contributed by atoms with van der Waals surface area (Å²) in [6, 6.07) is 11.2. The Kier molecular flexibility index (Phi) is 7.58. The van der Waals surface area contributed by atoms with E-state index in [1.165, 1.54) is 14.2 Å². The number of oxime groups is 2. The monoisotopic (exact) mass is 402 g/mol. The Balaban J connectivity index is 2.27. The number of benzene rings is 2. The molecule has 0 aliphatic rings. The molecule has 7 heteroatoms. The molecule has 0 radical (unpaired) electrons. The maximum absolute atomic E-state index is 12.1. The highest BCUT2D eigenvalue weighted by Crippen LogP contribution is 2.19. The number of halogens is 1. The van der Waals surface area contributed by atoms with Gasteiger partial charge in [0, 0.05) is 16.1 Å². The molecule has 2 aromatic rings. The lowest BCUT2D eigenvalue weighted by Crippen LogP contribution is -2.20. The summed E-state index contributed by atoms with van der Waals surface area (Å²) in [5.41, 5.74) is 4.95. The van der Waals surface area contributed by atoms with E-state index in [9.17, 15) is 4.79 Å². The van der Waals surface area contributed by atoms with E-state index in [-0.39, 0.29) is 12.3 Å². The molecule has 0 saturated carbocycles. The number of nitrogens with zero attached hydrogens (tertiary/aromatic N) is 2. The Morgan fingerprint density at radius 1 is 1.07 bits per heavy atom. The van der Waals surface area contributed by atoms with Crippen molar-refractivity contribution >= 4 is 29.0 Å². The second kappa shape index (κ2) is 9.90. The standard InChI is InChI=1S/C21H23ClN2O4/c1-13-7-6-8-17(20(24-27-5)21(25)26-4)18(13)12-28-23-15(3)16-9-10-19(22)14(2)11-16/h6-11H,12H2,1-5H3/b23-15+,24-20+. The first-order valence-corrected chi connectivity index (χ1v) is 8.98. The van der Waals surface area contributed by atoms with Crippen LogP contribution in [0.15, 0.2) is 46.7 Å². The van der Waals surface area contributed by atoms with Crippen molar-refractivity contribution in [3.8, 4) is 0 Å². The van der Waals surface area contributed by atoms with Crippen molar-refractivity contribution in [2.45, 2.75) is 27.4 Å². The maximum Gasteiger partial charge on any atom is 0.360 e. The Labute approximate surface area is 169 Å². The predicted molar refractivity (Wildman–Crippen MR) is 110 cm³/mol. The molecule has 0 bridgehead atoms. The molecule has 28 heavy (non-hydrogen) atoms. The van der Waals surface area contributed by atoms with Gasteiger partial charge in [-0.2, -0.15) is 0 Å². The first-order valence-electron chi connectivity index (χ1n) is 8.60. The topological polar surface area (TPSA) is 69.5 Å². The fraction of sp³-hybridized carbons (Fsp3) is 0.286. The molecule has 0 amide bonds. The summed E-state index contributed by atoms with van der Waals surface area (Å²) in [4.78, 5) is 22.5. The number of ether oxygens (including phenoxy) is 1. The van der Waals surface area contributed by atoms with Crippen molar-refractivity contribution in [1.82, 2.24) is 0 Å². The Hall–Kier alpha value is -2.86. The van der Waals surface area contributed by atoms with Crippen LogP contribution in [0.1, 0.15) is 34.7 Å². The summed E-state index contributed by atoms with van der Waals surface area (Å²) >= 11 is 6.07. The molecule has 0 N–H and O–H groups in total. The SMILES string of the molecule is CO/N=C(/C(=O)OC)c1cccc(C)c1CO/N=C(\C)c1ccc(Cl)c(C)c1. The molecule has 2 aromatic carbocycles. The smallest absolute Gasteiger partial charge is 0.360 e. The van der Waals surface area contributed by atoms with Gasteiger partial charge in [0.05, 0.1) is 12.8 Å². The van der Waals surface area contributed by atoms with Crippen LogP contribution in [0.3, 0.4) is 0 Å². The molecule has 0 fully saturated rings. The Morgan fingerprint density at radius 3 is 2.46 bits per heavy atom. The van der Waals surface area contributed by atoms with Crippen molar-refractivity contribution in [1.29, 1.82) is 0 Å². The minimum Gasteiger partial charge on any atom is -0.464 e. The molecule has 2 rings (SSSR count). The number of hydrogen-bond donors (Lipinski definition) is 0. The van der Waals surface area contributed by atoms with Gasteiger partial charge in [0.15, 0.2) is 5.71 Å². The minimum absolute atomic E-state index is 0.0707. The van der Waals surface area contributed by atoms with Crippen molar-refractivity contribution in [2.75, 3.05) is 14.2 Å². The van der Waals surface area contributed by atoms with Crippen LogP contribution < -0.4 is 0 Å². The number of hydrogen-bond acceptors (Lipinski definition) is 6. The molecule has 0 spiro atoms. The minimum atomic E-state index is -0.593. The molecule has 0 saturated heterocycles. The van der Waals surface area contributed by atoms with Crippen molar-refractivity contribution in [3.05, 3.63) is 69.2 Å². The quantitative estimate of drug-likeness (QED) is 0.390. The third-order valence-corrected chi connectivity index (χ3v) is 4.64. The van der Waals surface area contributed by atoms with Gasteiger partial charge in [0.2, 0.25) is 0 Å². The predicted octanol–water partition coefficient (Wildman–Crippen LogP) is 4.42. The second-order valence-corrected chi connectivity index (χ2v) is 6.54.